The Morgan fingerprint density at radius 1 is 1.10 bits per heavy atom. The van der Waals surface area contributed by atoms with E-state index in [1.54, 1.807) is 0 Å². The summed E-state index contributed by atoms with van der Waals surface area (Å²) < 4.78 is 5.83. The van der Waals surface area contributed by atoms with Crippen LogP contribution < -0.4 is 5.32 Å². The average Bonchev–Trinajstić information content (AvgIpc) is 2.34. The summed E-state index contributed by atoms with van der Waals surface area (Å²) in [5.74, 6) is 2.51. The summed E-state index contributed by atoms with van der Waals surface area (Å²) in [4.78, 5) is 9.44. The summed E-state index contributed by atoms with van der Waals surface area (Å²) in [7, 11) is 0. The van der Waals surface area contributed by atoms with Crippen molar-refractivity contribution in [2.24, 2.45) is 5.92 Å². The third-order valence-corrected chi connectivity index (χ3v) is 3.28. The van der Waals surface area contributed by atoms with E-state index in [0.29, 0.717) is 18.4 Å². The van der Waals surface area contributed by atoms with Gasteiger partial charge in [0.1, 0.15) is 11.9 Å². The van der Waals surface area contributed by atoms with Crippen molar-refractivity contribution in [3.05, 3.63) is 17.1 Å². The standard InChI is InChI=1S/C16H29N3O/c1-8-17-15-13(10(3)4)12(7)18-16(19-15)14(11(5)6)20-9-2/h10-11,14H,8-9H2,1-7H3,(H,17,18,19). The van der Waals surface area contributed by atoms with E-state index < -0.39 is 0 Å². The van der Waals surface area contributed by atoms with Gasteiger partial charge < -0.3 is 10.1 Å². The molecule has 4 heteroatoms. The van der Waals surface area contributed by atoms with Crippen molar-refractivity contribution >= 4 is 5.82 Å². The van der Waals surface area contributed by atoms with Gasteiger partial charge in [-0.3, -0.25) is 0 Å². The van der Waals surface area contributed by atoms with E-state index in [4.69, 9.17) is 14.7 Å². The van der Waals surface area contributed by atoms with E-state index >= 15 is 0 Å². The molecule has 1 aromatic rings. The Labute approximate surface area is 123 Å². The molecule has 0 saturated heterocycles. The van der Waals surface area contributed by atoms with Gasteiger partial charge in [0.2, 0.25) is 0 Å². The van der Waals surface area contributed by atoms with Crippen molar-refractivity contribution in [2.75, 3.05) is 18.5 Å². The van der Waals surface area contributed by atoms with Gasteiger partial charge in [0.15, 0.2) is 5.82 Å². The van der Waals surface area contributed by atoms with E-state index in [9.17, 15) is 0 Å². The molecule has 20 heavy (non-hydrogen) atoms. The molecule has 0 radical (unpaired) electrons. The van der Waals surface area contributed by atoms with Crippen LogP contribution in [-0.4, -0.2) is 23.1 Å². The van der Waals surface area contributed by atoms with Crippen LogP contribution >= 0.6 is 0 Å². The Morgan fingerprint density at radius 3 is 2.20 bits per heavy atom. The number of aryl methyl sites for hydroxylation is 1. The number of nitrogens with zero attached hydrogens (tertiary/aromatic N) is 2. The van der Waals surface area contributed by atoms with Gasteiger partial charge in [0, 0.05) is 24.4 Å². The zero-order valence-corrected chi connectivity index (χ0v) is 13.9. The fourth-order valence-corrected chi connectivity index (χ4v) is 2.47. The van der Waals surface area contributed by atoms with E-state index in [1.165, 1.54) is 5.56 Å². The smallest absolute Gasteiger partial charge is 0.160 e. The van der Waals surface area contributed by atoms with Gasteiger partial charge in [-0.2, -0.15) is 0 Å². The Morgan fingerprint density at radius 2 is 1.75 bits per heavy atom. The van der Waals surface area contributed by atoms with Crippen LogP contribution in [0.5, 0.6) is 0 Å². The summed E-state index contributed by atoms with van der Waals surface area (Å²) in [6.45, 7) is 16.3. The largest absolute Gasteiger partial charge is 0.370 e. The predicted octanol–water partition coefficient (Wildman–Crippen LogP) is 4.07. The molecule has 0 bridgehead atoms. The summed E-state index contributed by atoms with van der Waals surface area (Å²) in [5, 5.41) is 3.37. The topological polar surface area (TPSA) is 47.0 Å². The lowest BCUT2D eigenvalue weighted by Gasteiger charge is -2.23. The second-order valence-electron chi connectivity index (χ2n) is 5.73. The summed E-state index contributed by atoms with van der Waals surface area (Å²) in [6, 6.07) is 0. The van der Waals surface area contributed by atoms with Gasteiger partial charge in [-0.05, 0) is 32.6 Å². The molecule has 0 aliphatic heterocycles. The van der Waals surface area contributed by atoms with Gasteiger partial charge in [-0.15, -0.1) is 0 Å². The number of aromatic nitrogens is 2. The summed E-state index contributed by atoms with van der Waals surface area (Å²) in [6.07, 6.45) is -0.0441. The molecule has 0 spiro atoms. The van der Waals surface area contributed by atoms with Gasteiger partial charge >= 0.3 is 0 Å². The zero-order chi connectivity index (χ0) is 15.3. The molecule has 1 unspecified atom stereocenters. The second kappa shape index (κ2) is 7.58. The molecule has 1 aromatic heterocycles. The lowest BCUT2D eigenvalue weighted by Crippen LogP contribution is -2.18. The minimum atomic E-state index is -0.0441. The highest BCUT2D eigenvalue weighted by Crippen LogP contribution is 2.29. The van der Waals surface area contributed by atoms with Crippen LogP contribution in [-0.2, 0) is 4.74 Å². The molecule has 0 amide bonds. The van der Waals surface area contributed by atoms with Crippen LogP contribution in [0.25, 0.3) is 0 Å². The molecular weight excluding hydrogens is 250 g/mol. The molecule has 1 heterocycles. The molecule has 0 aromatic carbocycles. The van der Waals surface area contributed by atoms with Crippen LogP contribution in [0.3, 0.4) is 0 Å². The maximum atomic E-state index is 5.83. The highest BCUT2D eigenvalue weighted by Gasteiger charge is 2.22. The van der Waals surface area contributed by atoms with E-state index in [1.807, 2.05) is 6.92 Å². The molecule has 1 atom stereocenters. The van der Waals surface area contributed by atoms with Gasteiger partial charge in [0.25, 0.3) is 0 Å². The first-order valence-electron chi connectivity index (χ1n) is 7.66. The van der Waals surface area contributed by atoms with Crippen molar-refractivity contribution in [3.63, 3.8) is 0 Å². The zero-order valence-electron chi connectivity index (χ0n) is 13.9. The van der Waals surface area contributed by atoms with Gasteiger partial charge in [0.05, 0.1) is 0 Å². The van der Waals surface area contributed by atoms with Crippen LogP contribution in [0.15, 0.2) is 0 Å². The number of rotatable bonds is 7. The summed E-state index contributed by atoms with van der Waals surface area (Å²) in [5.41, 5.74) is 2.25. The minimum absolute atomic E-state index is 0.0441. The molecule has 114 valence electrons. The molecule has 0 saturated carbocycles. The first-order valence-corrected chi connectivity index (χ1v) is 7.66. The van der Waals surface area contributed by atoms with E-state index in [0.717, 1.165) is 23.9 Å². The lowest BCUT2D eigenvalue weighted by molar-refractivity contribution is 0.0231. The highest BCUT2D eigenvalue weighted by atomic mass is 16.5. The lowest BCUT2D eigenvalue weighted by atomic mass is 10.0. The fraction of sp³-hybridized carbons (Fsp3) is 0.750. The molecule has 0 aliphatic carbocycles. The number of hydrogen-bond acceptors (Lipinski definition) is 4. The van der Waals surface area contributed by atoms with E-state index in [-0.39, 0.29) is 6.10 Å². The highest BCUT2D eigenvalue weighted by molar-refractivity contribution is 5.48. The molecule has 1 rings (SSSR count). The first kappa shape index (κ1) is 16.9. The Balaban J connectivity index is 3.28. The molecule has 1 N–H and O–H groups in total. The maximum absolute atomic E-state index is 5.83. The average molecular weight is 279 g/mol. The van der Waals surface area contributed by atoms with Crippen LogP contribution in [0.1, 0.15) is 70.6 Å². The van der Waals surface area contributed by atoms with Crippen LogP contribution in [0.2, 0.25) is 0 Å². The van der Waals surface area contributed by atoms with Crippen molar-refractivity contribution < 1.29 is 4.74 Å². The molecule has 0 aliphatic rings. The maximum Gasteiger partial charge on any atom is 0.160 e. The molecular formula is C16H29N3O. The van der Waals surface area contributed by atoms with Gasteiger partial charge in [-0.25, -0.2) is 9.97 Å². The summed E-state index contributed by atoms with van der Waals surface area (Å²) >= 11 is 0. The quantitative estimate of drug-likeness (QED) is 0.817. The van der Waals surface area contributed by atoms with Crippen LogP contribution in [0.4, 0.5) is 5.82 Å². The number of ether oxygens (including phenoxy) is 1. The SMILES string of the molecule is CCNc1nc(C(OCC)C(C)C)nc(C)c1C(C)C. The predicted molar refractivity (Wildman–Crippen MR) is 84.2 cm³/mol. The van der Waals surface area contributed by atoms with Crippen molar-refractivity contribution in [1.29, 1.82) is 0 Å². The minimum Gasteiger partial charge on any atom is -0.370 e. The Bertz CT molecular complexity index is 430. The number of hydrogen-bond donors (Lipinski definition) is 1. The third kappa shape index (κ3) is 3.92. The van der Waals surface area contributed by atoms with Crippen molar-refractivity contribution in [1.82, 2.24) is 9.97 Å². The molecule has 4 nitrogen and oxygen atoms in total. The van der Waals surface area contributed by atoms with Crippen LogP contribution in [0, 0.1) is 12.8 Å². The van der Waals surface area contributed by atoms with E-state index in [2.05, 4.69) is 46.9 Å². The first-order chi connectivity index (χ1) is 9.42. The van der Waals surface area contributed by atoms with Crippen molar-refractivity contribution in [2.45, 2.75) is 60.5 Å². The van der Waals surface area contributed by atoms with Crippen molar-refractivity contribution in [3.8, 4) is 0 Å². The second-order valence-corrected chi connectivity index (χ2v) is 5.73. The Kier molecular flexibility index (Phi) is 6.40. The number of nitrogens with one attached hydrogen (secondary N) is 1. The van der Waals surface area contributed by atoms with Gasteiger partial charge in [-0.1, -0.05) is 27.7 Å². The monoisotopic (exact) mass is 279 g/mol. The fourth-order valence-electron chi connectivity index (χ4n) is 2.47. The number of anilines is 1. The normalized spacial score (nSPS) is 13.1. The molecule has 0 fully saturated rings. The Hall–Kier alpha value is -1.16. The third-order valence-electron chi connectivity index (χ3n) is 3.28.